The molecule has 0 aliphatic heterocycles. The average Bonchev–Trinajstić information content (AvgIpc) is 2.25. The number of hydrogen-bond acceptors (Lipinski definition) is 3. The van der Waals surface area contributed by atoms with Gasteiger partial charge >= 0.3 is 0 Å². The van der Waals surface area contributed by atoms with Crippen LogP contribution in [0.2, 0.25) is 0 Å². The molecular formula is C11H13F2NO2. The van der Waals surface area contributed by atoms with E-state index in [2.05, 4.69) is 9.72 Å². The number of carbonyl (C=O) groups excluding carboxylic acids is 1. The number of Topliss-reactive ketones (excluding diaryl/α,β-unsaturated/α-hetero) is 1. The van der Waals surface area contributed by atoms with Crippen molar-refractivity contribution in [3.63, 3.8) is 0 Å². The van der Waals surface area contributed by atoms with Crippen LogP contribution in [0.15, 0.2) is 24.4 Å². The summed E-state index contributed by atoms with van der Waals surface area (Å²) in [6, 6.07) is 5.31. The SMILES string of the molecule is O=C(CCOCC(F)F)Cc1ccccn1. The van der Waals surface area contributed by atoms with E-state index in [-0.39, 0.29) is 25.2 Å². The van der Waals surface area contributed by atoms with Crippen molar-refractivity contribution in [1.82, 2.24) is 4.98 Å². The van der Waals surface area contributed by atoms with Crippen LogP contribution in [0.25, 0.3) is 0 Å². The van der Waals surface area contributed by atoms with Gasteiger partial charge in [0, 0.05) is 24.7 Å². The van der Waals surface area contributed by atoms with Crippen LogP contribution in [0.4, 0.5) is 8.78 Å². The van der Waals surface area contributed by atoms with Crippen LogP contribution in [-0.4, -0.2) is 30.4 Å². The van der Waals surface area contributed by atoms with Crippen LogP contribution in [0, 0.1) is 0 Å². The second-order valence-corrected chi connectivity index (χ2v) is 3.25. The topological polar surface area (TPSA) is 39.2 Å². The van der Waals surface area contributed by atoms with E-state index in [4.69, 9.17) is 0 Å². The Hall–Kier alpha value is -1.36. The first-order chi connectivity index (χ1) is 7.68. The van der Waals surface area contributed by atoms with E-state index in [1.807, 2.05) is 0 Å². The van der Waals surface area contributed by atoms with Gasteiger partial charge < -0.3 is 4.74 Å². The third-order valence-corrected chi connectivity index (χ3v) is 1.87. The summed E-state index contributed by atoms with van der Waals surface area (Å²) in [5.74, 6) is -0.0621. The largest absolute Gasteiger partial charge is 0.375 e. The minimum atomic E-state index is -2.48. The standard InChI is InChI=1S/C11H13F2NO2/c12-11(13)8-16-6-4-10(15)7-9-3-1-2-5-14-9/h1-3,5,11H,4,6-8H2. The second-order valence-electron chi connectivity index (χ2n) is 3.25. The van der Waals surface area contributed by atoms with Gasteiger partial charge in [0.05, 0.1) is 6.61 Å². The molecule has 0 aliphatic rings. The van der Waals surface area contributed by atoms with Crippen LogP contribution in [0.5, 0.6) is 0 Å². The Bertz CT molecular complexity index is 317. The van der Waals surface area contributed by atoms with Gasteiger partial charge in [-0.25, -0.2) is 8.78 Å². The van der Waals surface area contributed by atoms with E-state index in [0.717, 1.165) is 0 Å². The molecule has 16 heavy (non-hydrogen) atoms. The maximum atomic E-state index is 11.7. The third-order valence-electron chi connectivity index (χ3n) is 1.87. The predicted octanol–water partition coefficient (Wildman–Crippen LogP) is 1.86. The van der Waals surface area contributed by atoms with Crippen LogP contribution in [-0.2, 0) is 16.0 Å². The van der Waals surface area contributed by atoms with Crippen molar-refractivity contribution in [2.24, 2.45) is 0 Å². The number of carbonyl (C=O) groups is 1. The second kappa shape index (κ2) is 7.00. The van der Waals surface area contributed by atoms with Crippen LogP contribution in [0.3, 0.4) is 0 Å². The van der Waals surface area contributed by atoms with E-state index in [0.29, 0.717) is 5.69 Å². The molecule has 0 N–H and O–H groups in total. The molecule has 1 aromatic heterocycles. The van der Waals surface area contributed by atoms with Gasteiger partial charge in [0.2, 0.25) is 0 Å². The molecular weight excluding hydrogens is 216 g/mol. The summed E-state index contributed by atoms with van der Waals surface area (Å²) in [7, 11) is 0. The number of ether oxygens (including phenoxy) is 1. The minimum absolute atomic E-state index is 0.0377. The Morgan fingerprint density at radius 3 is 2.88 bits per heavy atom. The lowest BCUT2D eigenvalue weighted by atomic mass is 10.1. The highest BCUT2D eigenvalue weighted by atomic mass is 19.3. The number of nitrogens with zero attached hydrogens (tertiary/aromatic N) is 1. The molecule has 1 rings (SSSR count). The molecule has 0 bridgehead atoms. The van der Waals surface area contributed by atoms with Crippen molar-refractivity contribution >= 4 is 5.78 Å². The van der Waals surface area contributed by atoms with E-state index in [9.17, 15) is 13.6 Å². The molecule has 88 valence electrons. The Morgan fingerprint density at radius 2 is 2.25 bits per heavy atom. The number of halogens is 2. The summed E-state index contributed by atoms with van der Waals surface area (Å²) < 4.78 is 28.0. The summed E-state index contributed by atoms with van der Waals surface area (Å²) in [6.45, 7) is -0.577. The van der Waals surface area contributed by atoms with Crippen LogP contribution < -0.4 is 0 Å². The molecule has 5 heteroatoms. The normalized spacial score (nSPS) is 10.7. The van der Waals surface area contributed by atoms with E-state index < -0.39 is 13.0 Å². The first kappa shape index (κ1) is 12.7. The van der Waals surface area contributed by atoms with Crippen molar-refractivity contribution in [1.29, 1.82) is 0 Å². The lowest BCUT2D eigenvalue weighted by Crippen LogP contribution is -2.11. The third kappa shape index (κ3) is 5.50. The fourth-order valence-electron chi connectivity index (χ4n) is 1.15. The maximum Gasteiger partial charge on any atom is 0.261 e. The molecule has 0 unspecified atom stereocenters. The number of aromatic nitrogens is 1. The van der Waals surface area contributed by atoms with Gasteiger partial charge in [-0.1, -0.05) is 6.07 Å². The Kier molecular flexibility index (Phi) is 5.56. The molecule has 0 spiro atoms. The molecule has 0 atom stereocenters. The molecule has 3 nitrogen and oxygen atoms in total. The smallest absolute Gasteiger partial charge is 0.261 e. The Labute approximate surface area is 92.4 Å². The molecule has 0 fully saturated rings. The monoisotopic (exact) mass is 229 g/mol. The van der Waals surface area contributed by atoms with Gasteiger partial charge in [0.15, 0.2) is 0 Å². The first-order valence-electron chi connectivity index (χ1n) is 4.96. The zero-order valence-electron chi connectivity index (χ0n) is 8.73. The summed E-state index contributed by atoms with van der Waals surface area (Å²) in [4.78, 5) is 15.3. The van der Waals surface area contributed by atoms with Gasteiger partial charge in [0.25, 0.3) is 6.43 Å². The highest BCUT2D eigenvalue weighted by molar-refractivity contribution is 5.80. The molecule has 0 saturated heterocycles. The van der Waals surface area contributed by atoms with E-state index >= 15 is 0 Å². The van der Waals surface area contributed by atoms with Gasteiger partial charge in [0.1, 0.15) is 12.4 Å². The lowest BCUT2D eigenvalue weighted by Gasteiger charge is -2.02. The average molecular weight is 229 g/mol. The number of hydrogen-bond donors (Lipinski definition) is 0. The van der Waals surface area contributed by atoms with Crippen molar-refractivity contribution in [3.8, 4) is 0 Å². The number of rotatable bonds is 7. The minimum Gasteiger partial charge on any atom is -0.375 e. The van der Waals surface area contributed by atoms with Crippen LogP contribution >= 0.6 is 0 Å². The Balaban J connectivity index is 2.17. The van der Waals surface area contributed by atoms with Crippen LogP contribution in [0.1, 0.15) is 12.1 Å². The molecule has 1 aromatic rings. The zero-order chi connectivity index (χ0) is 11.8. The summed E-state index contributed by atoms with van der Waals surface area (Å²) in [5, 5.41) is 0. The summed E-state index contributed by atoms with van der Waals surface area (Å²) in [6.07, 6.45) is -0.510. The molecule has 0 amide bonds. The molecule has 1 heterocycles. The number of ketones is 1. The van der Waals surface area contributed by atoms with Crippen molar-refractivity contribution < 1.29 is 18.3 Å². The fourth-order valence-corrected chi connectivity index (χ4v) is 1.15. The van der Waals surface area contributed by atoms with E-state index in [1.54, 1.807) is 24.4 Å². The fraction of sp³-hybridized carbons (Fsp3) is 0.455. The number of pyridine rings is 1. The molecule has 0 aromatic carbocycles. The lowest BCUT2D eigenvalue weighted by molar-refractivity contribution is -0.119. The van der Waals surface area contributed by atoms with Crippen molar-refractivity contribution in [2.75, 3.05) is 13.2 Å². The highest BCUT2D eigenvalue weighted by Gasteiger charge is 2.06. The quantitative estimate of drug-likeness (QED) is 0.670. The first-order valence-corrected chi connectivity index (χ1v) is 4.96. The van der Waals surface area contributed by atoms with Gasteiger partial charge in [-0.05, 0) is 12.1 Å². The zero-order valence-corrected chi connectivity index (χ0v) is 8.73. The Morgan fingerprint density at radius 1 is 1.44 bits per heavy atom. The summed E-state index contributed by atoms with van der Waals surface area (Å²) >= 11 is 0. The van der Waals surface area contributed by atoms with Gasteiger partial charge in [-0.3, -0.25) is 9.78 Å². The van der Waals surface area contributed by atoms with Gasteiger partial charge in [-0.15, -0.1) is 0 Å². The maximum absolute atomic E-state index is 11.7. The van der Waals surface area contributed by atoms with E-state index in [1.165, 1.54) is 0 Å². The highest BCUT2D eigenvalue weighted by Crippen LogP contribution is 1.99. The van der Waals surface area contributed by atoms with Crippen molar-refractivity contribution in [2.45, 2.75) is 19.3 Å². The molecule has 0 saturated carbocycles. The number of alkyl halides is 2. The molecule has 0 radical (unpaired) electrons. The predicted molar refractivity (Wildman–Crippen MR) is 54.4 cm³/mol. The summed E-state index contributed by atoms with van der Waals surface area (Å²) in [5.41, 5.74) is 0.682. The van der Waals surface area contributed by atoms with Gasteiger partial charge in [-0.2, -0.15) is 0 Å². The molecule has 0 aliphatic carbocycles. The van der Waals surface area contributed by atoms with Crippen molar-refractivity contribution in [3.05, 3.63) is 30.1 Å².